The third kappa shape index (κ3) is 6.59. The average Bonchev–Trinajstić information content (AvgIpc) is 3.41. The topological polar surface area (TPSA) is 6.48 Å². The van der Waals surface area contributed by atoms with E-state index in [9.17, 15) is 0 Å². The number of hydrogen-bond acceptors (Lipinski definition) is 2. The molecule has 2 heterocycles. The quantitative estimate of drug-likeness (QED) is 0.121. The molecule has 0 radical (unpaired) electrons. The van der Waals surface area contributed by atoms with Gasteiger partial charge in [0.15, 0.2) is 0 Å². The summed E-state index contributed by atoms with van der Waals surface area (Å²) in [7, 11) is -4.00. The number of para-hydroxylation sites is 4. The molecule has 2 aliphatic heterocycles. The fourth-order valence-corrected chi connectivity index (χ4v) is 17.9. The Labute approximate surface area is 413 Å². The van der Waals surface area contributed by atoms with Crippen LogP contribution in [0.5, 0.6) is 0 Å². The molecule has 0 aromatic heterocycles. The molecule has 334 valence electrons. The first-order valence-electron chi connectivity index (χ1n) is 24.6. The maximum absolute atomic E-state index is 2.53. The van der Waals surface area contributed by atoms with Crippen molar-refractivity contribution < 1.29 is 0 Å². The number of anilines is 6. The highest BCUT2D eigenvalue weighted by atomic mass is 28.3. The van der Waals surface area contributed by atoms with Gasteiger partial charge in [-0.3, -0.25) is 0 Å². The summed E-state index contributed by atoms with van der Waals surface area (Å²) in [6, 6.07) is 91.2. The van der Waals surface area contributed by atoms with Crippen LogP contribution in [0.2, 0.25) is 26.2 Å². The van der Waals surface area contributed by atoms with Crippen LogP contribution in [0.3, 0.4) is 0 Å². The van der Waals surface area contributed by atoms with Crippen molar-refractivity contribution in [2.45, 2.75) is 26.2 Å². The molecular formula is C66H52N2Si2. The number of fused-ring (bicyclic) bond motifs is 6. The molecule has 0 saturated carbocycles. The Bertz CT molecular complexity index is 3500. The summed E-state index contributed by atoms with van der Waals surface area (Å²) < 4.78 is 0. The van der Waals surface area contributed by atoms with Gasteiger partial charge in [-0.2, -0.15) is 0 Å². The molecule has 11 aromatic carbocycles. The van der Waals surface area contributed by atoms with Gasteiger partial charge in [-0.05, 0) is 147 Å². The van der Waals surface area contributed by atoms with Crippen molar-refractivity contribution in [3.05, 3.63) is 243 Å². The first-order valence-corrected chi connectivity index (χ1v) is 30.6. The van der Waals surface area contributed by atoms with E-state index in [1.807, 2.05) is 0 Å². The standard InChI is InChI=1S/C66H52N2Si2/c1-69(2)61-33-15-11-29-57(61)67(58-30-12-16-34-62(58)69)51-37-39-53-55(43-51)65(49-27-19-25-47(41-49)45-21-7-5-8-22-45)54-40-38-52(44-56(54)66(53)50-28-20-26-48(42-50)46-23-9-6-10-24-46)68-59-31-13-17-35-63(59)70(3,4)64-36-18-14-32-60(64)68/h5-44H,1-4H3. The molecule has 0 spiro atoms. The largest absolute Gasteiger partial charge is 0.311 e. The molecule has 2 nitrogen and oxygen atoms in total. The van der Waals surface area contributed by atoms with Crippen molar-refractivity contribution in [1.82, 2.24) is 0 Å². The molecule has 4 heteroatoms. The van der Waals surface area contributed by atoms with Crippen LogP contribution in [-0.4, -0.2) is 16.1 Å². The summed E-state index contributed by atoms with van der Waals surface area (Å²) in [5.74, 6) is 0. The molecule has 0 unspecified atom stereocenters. The molecule has 0 N–H and O–H groups in total. The number of benzene rings is 11. The molecule has 0 amide bonds. The van der Waals surface area contributed by atoms with E-state index in [1.165, 1.54) is 110 Å². The van der Waals surface area contributed by atoms with E-state index in [0.717, 1.165) is 11.4 Å². The normalized spacial score (nSPS) is 14.2. The Hall–Kier alpha value is -8.03. The van der Waals surface area contributed by atoms with E-state index in [0.29, 0.717) is 0 Å². The Morgan fingerprint density at radius 3 is 0.900 bits per heavy atom. The summed E-state index contributed by atoms with van der Waals surface area (Å²) in [5, 5.41) is 10.7. The van der Waals surface area contributed by atoms with Gasteiger partial charge in [0, 0.05) is 34.1 Å². The fraction of sp³-hybridized carbons (Fsp3) is 0.0606. The minimum absolute atomic E-state index is 1.16. The van der Waals surface area contributed by atoms with Gasteiger partial charge in [-0.15, -0.1) is 0 Å². The number of nitrogens with zero attached hydrogens (tertiary/aromatic N) is 2. The minimum Gasteiger partial charge on any atom is -0.311 e. The van der Waals surface area contributed by atoms with Crippen LogP contribution < -0.4 is 30.5 Å². The molecule has 0 bridgehead atoms. The fourth-order valence-electron chi connectivity index (χ4n) is 12.0. The predicted octanol–water partition coefficient (Wildman–Crippen LogP) is 15.9. The Morgan fingerprint density at radius 2 is 0.543 bits per heavy atom. The van der Waals surface area contributed by atoms with E-state index < -0.39 is 16.1 Å². The van der Waals surface area contributed by atoms with Crippen LogP contribution in [0.15, 0.2) is 243 Å². The molecule has 11 aromatic rings. The van der Waals surface area contributed by atoms with Gasteiger partial charge < -0.3 is 9.80 Å². The molecular weight excluding hydrogens is 877 g/mol. The highest BCUT2D eigenvalue weighted by Crippen LogP contribution is 2.50. The third-order valence-electron chi connectivity index (χ3n) is 15.4. The smallest absolute Gasteiger partial charge is 0.117 e. The van der Waals surface area contributed by atoms with E-state index in [-0.39, 0.29) is 0 Å². The zero-order valence-electron chi connectivity index (χ0n) is 40.0. The average molecular weight is 929 g/mol. The van der Waals surface area contributed by atoms with Gasteiger partial charge in [0.25, 0.3) is 0 Å². The van der Waals surface area contributed by atoms with Crippen LogP contribution in [0.25, 0.3) is 66.1 Å². The molecule has 0 atom stereocenters. The van der Waals surface area contributed by atoms with E-state index in [4.69, 9.17) is 0 Å². The molecule has 0 saturated heterocycles. The lowest BCUT2D eigenvalue weighted by Gasteiger charge is -2.41. The summed E-state index contributed by atoms with van der Waals surface area (Å²) in [6.07, 6.45) is 0. The van der Waals surface area contributed by atoms with Gasteiger partial charge in [0.1, 0.15) is 16.1 Å². The lowest BCUT2D eigenvalue weighted by atomic mass is 9.84. The maximum Gasteiger partial charge on any atom is 0.117 e. The molecule has 0 aliphatic carbocycles. The monoisotopic (exact) mass is 928 g/mol. The van der Waals surface area contributed by atoms with Crippen LogP contribution in [-0.2, 0) is 0 Å². The zero-order valence-corrected chi connectivity index (χ0v) is 42.0. The lowest BCUT2D eigenvalue weighted by molar-refractivity contribution is 1.29. The Kier molecular flexibility index (Phi) is 9.81. The second-order valence-corrected chi connectivity index (χ2v) is 28.7. The molecule has 13 rings (SSSR count). The van der Waals surface area contributed by atoms with Crippen LogP contribution in [0.1, 0.15) is 0 Å². The number of rotatable bonds is 6. The van der Waals surface area contributed by atoms with Crippen molar-refractivity contribution in [2.75, 3.05) is 9.80 Å². The SMILES string of the molecule is C[Si]1(C)c2ccccc2N(c2ccc3c(-c4cccc(-c5ccccc5)c4)c4cc(N5c6ccccc6[Si](C)(C)c6ccccc65)ccc4c(-c4cccc(-c5ccccc5)c4)c3c2)c2ccccc21. The van der Waals surface area contributed by atoms with Gasteiger partial charge in [0.2, 0.25) is 0 Å². The minimum atomic E-state index is -2.00. The van der Waals surface area contributed by atoms with Crippen LogP contribution in [0.4, 0.5) is 34.1 Å². The summed E-state index contributed by atoms with van der Waals surface area (Å²) in [6.45, 7) is 10.0. The van der Waals surface area contributed by atoms with Crippen LogP contribution >= 0.6 is 0 Å². The van der Waals surface area contributed by atoms with Crippen LogP contribution in [0, 0.1) is 0 Å². The van der Waals surface area contributed by atoms with Gasteiger partial charge in [0.05, 0.1) is 0 Å². The van der Waals surface area contributed by atoms with Gasteiger partial charge in [-0.1, -0.05) is 208 Å². The van der Waals surface area contributed by atoms with Gasteiger partial charge in [-0.25, -0.2) is 0 Å². The zero-order chi connectivity index (χ0) is 47.1. The van der Waals surface area contributed by atoms with Crippen molar-refractivity contribution >= 4 is 92.6 Å². The Balaban J connectivity index is 1.14. The first-order chi connectivity index (χ1) is 34.3. The van der Waals surface area contributed by atoms with Crippen molar-refractivity contribution in [3.63, 3.8) is 0 Å². The first kappa shape index (κ1) is 42.1. The van der Waals surface area contributed by atoms with Crippen molar-refractivity contribution in [3.8, 4) is 44.5 Å². The molecule has 2 aliphatic rings. The predicted molar refractivity (Wildman–Crippen MR) is 306 cm³/mol. The van der Waals surface area contributed by atoms with E-state index >= 15 is 0 Å². The molecule has 0 fully saturated rings. The maximum atomic E-state index is 2.53. The number of hydrogen-bond donors (Lipinski definition) is 0. The highest BCUT2D eigenvalue weighted by molar-refractivity contribution is 7.03. The summed E-state index contributed by atoms with van der Waals surface area (Å²) >= 11 is 0. The summed E-state index contributed by atoms with van der Waals surface area (Å²) in [5.41, 5.74) is 17.1. The highest BCUT2D eigenvalue weighted by Gasteiger charge is 2.40. The van der Waals surface area contributed by atoms with Gasteiger partial charge >= 0.3 is 0 Å². The second-order valence-electron chi connectivity index (χ2n) is 20.1. The second kappa shape index (κ2) is 16.3. The van der Waals surface area contributed by atoms with E-state index in [2.05, 4.69) is 279 Å². The van der Waals surface area contributed by atoms with E-state index in [1.54, 1.807) is 0 Å². The van der Waals surface area contributed by atoms with Crippen molar-refractivity contribution in [1.29, 1.82) is 0 Å². The third-order valence-corrected chi connectivity index (χ3v) is 22.5. The summed E-state index contributed by atoms with van der Waals surface area (Å²) in [4.78, 5) is 5.07. The Morgan fingerprint density at radius 1 is 0.243 bits per heavy atom. The lowest BCUT2D eigenvalue weighted by Crippen LogP contribution is -2.58. The van der Waals surface area contributed by atoms with Crippen molar-refractivity contribution in [2.24, 2.45) is 0 Å². The molecule has 70 heavy (non-hydrogen) atoms.